The predicted octanol–water partition coefficient (Wildman–Crippen LogP) is 3.75. The van der Waals surface area contributed by atoms with Crippen molar-refractivity contribution in [3.05, 3.63) is 77.6 Å². The van der Waals surface area contributed by atoms with E-state index in [0.29, 0.717) is 11.3 Å². The number of nitrogens with one attached hydrogen (secondary N) is 1. The van der Waals surface area contributed by atoms with Crippen LogP contribution in [0.1, 0.15) is 15.9 Å². The highest BCUT2D eigenvalue weighted by atomic mass is 19.1. The summed E-state index contributed by atoms with van der Waals surface area (Å²) in [7, 11) is 1.58. The summed E-state index contributed by atoms with van der Waals surface area (Å²) in [5.74, 6) is -0.144. The number of amides is 1. The van der Waals surface area contributed by atoms with E-state index < -0.39 is 11.7 Å². The molecule has 24 heavy (non-hydrogen) atoms. The summed E-state index contributed by atoms with van der Waals surface area (Å²) < 4.78 is 18.2. The van der Waals surface area contributed by atoms with Crippen LogP contribution in [0.15, 0.2) is 65.8 Å². The lowest BCUT2D eigenvalue weighted by atomic mass is 10.0. The lowest BCUT2D eigenvalue weighted by molar-refractivity contribution is 0.0955. The average Bonchev–Trinajstić information content (AvgIpc) is 2.62. The first-order valence-corrected chi connectivity index (χ1v) is 7.34. The molecule has 0 fully saturated rings. The molecular formula is C19H15FN2O2. The van der Waals surface area contributed by atoms with Crippen molar-refractivity contribution in [3.63, 3.8) is 0 Å². The lowest BCUT2D eigenvalue weighted by Crippen LogP contribution is -2.17. The molecule has 4 nitrogen and oxygen atoms in total. The molecule has 1 N–H and O–H groups in total. The van der Waals surface area contributed by atoms with Crippen molar-refractivity contribution in [2.24, 2.45) is 5.10 Å². The van der Waals surface area contributed by atoms with E-state index in [-0.39, 0.29) is 0 Å². The van der Waals surface area contributed by atoms with Crippen LogP contribution in [0.3, 0.4) is 0 Å². The summed E-state index contributed by atoms with van der Waals surface area (Å²) in [5.41, 5.74) is 3.54. The Morgan fingerprint density at radius 3 is 2.58 bits per heavy atom. The number of hydrogen-bond acceptors (Lipinski definition) is 3. The number of hydrogen-bond donors (Lipinski definition) is 1. The van der Waals surface area contributed by atoms with Crippen LogP contribution in [0.4, 0.5) is 4.39 Å². The van der Waals surface area contributed by atoms with Gasteiger partial charge in [0.25, 0.3) is 5.91 Å². The van der Waals surface area contributed by atoms with Crippen LogP contribution in [0.5, 0.6) is 5.75 Å². The molecule has 0 aliphatic carbocycles. The molecule has 0 spiro atoms. The number of ether oxygens (including phenoxy) is 1. The molecule has 1 amide bonds. The first-order valence-electron chi connectivity index (χ1n) is 7.34. The number of fused-ring (bicyclic) bond motifs is 1. The van der Waals surface area contributed by atoms with Crippen molar-refractivity contribution in [3.8, 4) is 5.75 Å². The van der Waals surface area contributed by atoms with Crippen LogP contribution < -0.4 is 10.2 Å². The van der Waals surface area contributed by atoms with Gasteiger partial charge in [-0.25, -0.2) is 9.82 Å². The number of hydrazone groups is 1. The van der Waals surface area contributed by atoms with Gasteiger partial charge in [0.15, 0.2) is 0 Å². The third kappa shape index (κ3) is 3.25. The number of carbonyl (C=O) groups is 1. The van der Waals surface area contributed by atoms with Crippen molar-refractivity contribution < 1.29 is 13.9 Å². The third-order valence-corrected chi connectivity index (χ3v) is 3.62. The van der Waals surface area contributed by atoms with E-state index in [9.17, 15) is 9.18 Å². The minimum Gasteiger partial charge on any atom is -0.496 e. The second kappa shape index (κ2) is 6.91. The minimum atomic E-state index is -0.412. The molecule has 0 saturated carbocycles. The van der Waals surface area contributed by atoms with Crippen LogP contribution in [-0.2, 0) is 0 Å². The highest BCUT2D eigenvalue weighted by Crippen LogP contribution is 2.26. The zero-order valence-electron chi connectivity index (χ0n) is 13.0. The number of benzene rings is 3. The Morgan fingerprint density at radius 2 is 1.83 bits per heavy atom. The summed E-state index contributed by atoms with van der Waals surface area (Å²) in [4.78, 5) is 12.0. The molecule has 0 heterocycles. The number of methoxy groups -OCH3 is 1. The first kappa shape index (κ1) is 15.7. The number of carbonyl (C=O) groups excluding carboxylic acids is 1. The molecule has 3 aromatic rings. The van der Waals surface area contributed by atoms with E-state index in [2.05, 4.69) is 10.5 Å². The van der Waals surface area contributed by atoms with Gasteiger partial charge in [-0.1, -0.05) is 30.3 Å². The smallest absolute Gasteiger partial charge is 0.271 e. The second-order valence-electron chi connectivity index (χ2n) is 5.11. The Morgan fingerprint density at radius 1 is 1.08 bits per heavy atom. The number of halogens is 1. The van der Waals surface area contributed by atoms with E-state index in [1.807, 2.05) is 36.4 Å². The van der Waals surface area contributed by atoms with Crippen molar-refractivity contribution in [1.29, 1.82) is 0 Å². The van der Waals surface area contributed by atoms with Crippen LogP contribution in [-0.4, -0.2) is 19.2 Å². The van der Waals surface area contributed by atoms with Crippen molar-refractivity contribution >= 4 is 22.9 Å². The maximum atomic E-state index is 12.9. The Kier molecular flexibility index (Phi) is 4.52. The molecule has 0 aromatic heterocycles. The first-order chi connectivity index (χ1) is 11.7. The molecular weight excluding hydrogens is 307 g/mol. The van der Waals surface area contributed by atoms with Gasteiger partial charge in [0, 0.05) is 11.1 Å². The largest absolute Gasteiger partial charge is 0.496 e. The van der Waals surface area contributed by atoms with Crippen molar-refractivity contribution in [2.45, 2.75) is 0 Å². The van der Waals surface area contributed by atoms with Crippen LogP contribution in [0, 0.1) is 5.82 Å². The molecule has 0 bridgehead atoms. The maximum absolute atomic E-state index is 12.9. The average molecular weight is 322 g/mol. The van der Waals surface area contributed by atoms with E-state index in [4.69, 9.17) is 4.74 Å². The van der Waals surface area contributed by atoms with Gasteiger partial charge in [-0.3, -0.25) is 4.79 Å². The molecule has 0 radical (unpaired) electrons. The minimum absolute atomic E-state index is 0.332. The molecule has 0 atom stereocenters. The normalized spacial score (nSPS) is 10.9. The SMILES string of the molecule is COc1ccc2ccccc2c1/C=N/NC(=O)c1ccc(F)cc1. The van der Waals surface area contributed by atoms with Crippen LogP contribution in [0.25, 0.3) is 10.8 Å². The maximum Gasteiger partial charge on any atom is 0.271 e. The molecule has 0 saturated heterocycles. The quantitative estimate of drug-likeness (QED) is 0.587. The third-order valence-electron chi connectivity index (χ3n) is 3.62. The summed E-state index contributed by atoms with van der Waals surface area (Å²) in [5, 5.41) is 6.02. The summed E-state index contributed by atoms with van der Waals surface area (Å²) >= 11 is 0. The predicted molar refractivity (Wildman–Crippen MR) is 92.0 cm³/mol. The highest BCUT2D eigenvalue weighted by molar-refractivity contribution is 6.03. The monoisotopic (exact) mass is 322 g/mol. The Hall–Kier alpha value is -3.21. The summed E-state index contributed by atoms with van der Waals surface area (Å²) in [6.45, 7) is 0. The Labute approximate surface area is 138 Å². The topological polar surface area (TPSA) is 50.7 Å². The second-order valence-corrected chi connectivity index (χ2v) is 5.11. The van der Waals surface area contributed by atoms with E-state index in [0.717, 1.165) is 16.3 Å². The van der Waals surface area contributed by atoms with Gasteiger partial charge >= 0.3 is 0 Å². The number of nitrogens with zero attached hydrogens (tertiary/aromatic N) is 1. The van der Waals surface area contributed by atoms with E-state index >= 15 is 0 Å². The molecule has 0 aliphatic heterocycles. The summed E-state index contributed by atoms with van der Waals surface area (Å²) in [6.07, 6.45) is 1.54. The van der Waals surface area contributed by atoms with Crippen molar-refractivity contribution in [2.75, 3.05) is 7.11 Å². The molecule has 120 valence electrons. The van der Waals surface area contributed by atoms with Gasteiger partial charge < -0.3 is 4.74 Å². The van der Waals surface area contributed by atoms with Gasteiger partial charge in [0.05, 0.1) is 13.3 Å². The van der Waals surface area contributed by atoms with E-state index in [1.165, 1.54) is 24.3 Å². The van der Waals surface area contributed by atoms with Gasteiger partial charge in [-0.15, -0.1) is 0 Å². The van der Waals surface area contributed by atoms with Gasteiger partial charge in [0.1, 0.15) is 11.6 Å². The fourth-order valence-corrected chi connectivity index (χ4v) is 2.41. The Bertz CT molecular complexity index is 905. The van der Waals surface area contributed by atoms with Crippen LogP contribution >= 0.6 is 0 Å². The fraction of sp³-hybridized carbons (Fsp3) is 0.0526. The lowest BCUT2D eigenvalue weighted by Gasteiger charge is -2.08. The molecule has 5 heteroatoms. The highest BCUT2D eigenvalue weighted by Gasteiger charge is 2.07. The van der Waals surface area contributed by atoms with Gasteiger partial charge in [0.2, 0.25) is 0 Å². The van der Waals surface area contributed by atoms with E-state index in [1.54, 1.807) is 13.3 Å². The molecule has 3 aromatic carbocycles. The molecule has 3 rings (SSSR count). The zero-order chi connectivity index (χ0) is 16.9. The standard InChI is InChI=1S/C19H15FN2O2/c1-24-18-11-8-13-4-2-3-5-16(13)17(18)12-21-22-19(23)14-6-9-15(20)10-7-14/h2-12H,1H3,(H,22,23)/b21-12+. The number of rotatable bonds is 4. The zero-order valence-corrected chi connectivity index (χ0v) is 13.0. The Balaban J connectivity index is 1.85. The van der Waals surface area contributed by atoms with Gasteiger partial charge in [-0.2, -0.15) is 5.10 Å². The fourth-order valence-electron chi connectivity index (χ4n) is 2.41. The van der Waals surface area contributed by atoms with Crippen molar-refractivity contribution in [1.82, 2.24) is 5.43 Å². The van der Waals surface area contributed by atoms with Gasteiger partial charge in [-0.05, 0) is 41.1 Å². The van der Waals surface area contributed by atoms with Crippen LogP contribution in [0.2, 0.25) is 0 Å². The molecule has 0 aliphatic rings. The summed E-state index contributed by atoms with van der Waals surface area (Å²) in [6, 6.07) is 16.9. The molecule has 0 unspecified atom stereocenters.